The summed E-state index contributed by atoms with van der Waals surface area (Å²) in [5.74, 6) is 1.05. The molecule has 0 aliphatic carbocycles. The first-order chi connectivity index (χ1) is 12.7. The number of ether oxygens (including phenoxy) is 1. The molecule has 0 unspecified atom stereocenters. The van der Waals surface area contributed by atoms with Crippen LogP contribution >= 0.6 is 23.1 Å². The molecule has 1 amide bonds. The summed E-state index contributed by atoms with van der Waals surface area (Å²) in [6.07, 6.45) is 3.81. The smallest absolute Gasteiger partial charge is 0.236 e. The third-order valence-corrected chi connectivity index (χ3v) is 5.15. The number of hydrogen-bond donors (Lipinski definition) is 1. The van der Waals surface area contributed by atoms with Gasteiger partial charge in [0, 0.05) is 4.90 Å². The number of anilines is 1. The summed E-state index contributed by atoms with van der Waals surface area (Å²) in [6, 6.07) is 17.5. The second-order valence-electron chi connectivity index (χ2n) is 5.20. The van der Waals surface area contributed by atoms with Gasteiger partial charge in [0.05, 0.1) is 12.9 Å². The van der Waals surface area contributed by atoms with Crippen molar-refractivity contribution in [1.82, 2.24) is 10.2 Å². The second-order valence-corrected chi connectivity index (χ2v) is 7.26. The van der Waals surface area contributed by atoms with Gasteiger partial charge in [0.25, 0.3) is 0 Å². The quantitative estimate of drug-likeness (QED) is 0.611. The predicted octanol–water partition coefficient (Wildman–Crippen LogP) is 4.45. The van der Waals surface area contributed by atoms with Crippen LogP contribution in [-0.4, -0.2) is 29.0 Å². The van der Waals surface area contributed by atoms with Gasteiger partial charge in [-0.3, -0.25) is 10.1 Å². The Hall–Kier alpha value is -2.64. The molecule has 0 aliphatic rings. The van der Waals surface area contributed by atoms with E-state index in [2.05, 4.69) is 15.5 Å². The van der Waals surface area contributed by atoms with Crippen LogP contribution in [0.4, 0.5) is 5.13 Å². The summed E-state index contributed by atoms with van der Waals surface area (Å²) in [6.45, 7) is 0. The predicted molar refractivity (Wildman–Crippen MR) is 108 cm³/mol. The Morgan fingerprint density at radius 3 is 2.62 bits per heavy atom. The topological polar surface area (TPSA) is 64.1 Å². The summed E-state index contributed by atoms with van der Waals surface area (Å²) in [5, 5.41) is 12.1. The summed E-state index contributed by atoms with van der Waals surface area (Å²) in [5.41, 5.74) is 1.03. The Labute approximate surface area is 160 Å². The number of amides is 1. The second kappa shape index (κ2) is 9.17. The zero-order chi connectivity index (χ0) is 18.2. The van der Waals surface area contributed by atoms with Crippen molar-refractivity contribution >= 4 is 46.3 Å². The zero-order valence-corrected chi connectivity index (χ0v) is 15.7. The van der Waals surface area contributed by atoms with Gasteiger partial charge in [0.1, 0.15) is 10.8 Å². The summed E-state index contributed by atoms with van der Waals surface area (Å²) < 4.78 is 5.13. The van der Waals surface area contributed by atoms with E-state index in [1.165, 1.54) is 23.1 Å². The highest BCUT2D eigenvalue weighted by atomic mass is 32.2. The van der Waals surface area contributed by atoms with Crippen molar-refractivity contribution in [3.63, 3.8) is 0 Å². The molecule has 2 aromatic carbocycles. The molecule has 1 aromatic heterocycles. The van der Waals surface area contributed by atoms with Gasteiger partial charge in [0.15, 0.2) is 0 Å². The molecule has 5 nitrogen and oxygen atoms in total. The fourth-order valence-corrected chi connectivity index (χ4v) is 3.44. The number of aromatic nitrogens is 2. The maximum absolute atomic E-state index is 12.0. The van der Waals surface area contributed by atoms with Crippen LogP contribution in [0, 0.1) is 0 Å². The van der Waals surface area contributed by atoms with Crippen molar-refractivity contribution < 1.29 is 9.53 Å². The van der Waals surface area contributed by atoms with Crippen LogP contribution in [-0.2, 0) is 4.79 Å². The van der Waals surface area contributed by atoms with Crippen molar-refractivity contribution in [2.45, 2.75) is 4.90 Å². The molecule has 0 atom stereocenters. The number of hydrogen-bond acceptors (Lipinski definition) is 6. The Bertz CT molecular complexity index is 877. The molecule has 3 rings (SSSR count). The fourth-order valence-electron chi connectivity index (χ4n) is 2.06. The number of methoxy groups -OCH3 is 1. The highest BCUT2D eigenvalue weighted by Crippen LogP contribution is 2.20. The summed E-state index contributed by atoms with van der Waals surface area (Å²) >= 11 is 2.82. The van der Waals surface area contributed by atoms with Crippen molar-refractivity contribution in [3.8, 4) is 5.75 Å². The monoisotopic (exact) mass is 383 g/mol. The lowest BCUT2D eigenvalue weighted by molar-refractivity contribution is -0.113. The number of carbonyl (C=O) groups is 1. The number of thioether (sulfide) groups is 1. The molecular weight excluding hydrogens is 366 g/mol. The van der Waals surface area contributed by atoms with E-state index in [-0.39, 0.29) is 5.91 Å². The Morgan fingerprint density at radius 1 is 1.12 bits per heavy atom. The van der Waals surface area contributed by atoms with E-state index < -0.39 is 0 Å². The van der Waals surface area contributed by atoms with Gasteiger partial charge in [-0.1, -0.05) is 47.7 Å². The molecule has 1 N–H and O–H groups in total. The third kappa shape index (κ3) is 5.44. The molecule has 7 heteroatoms. The van der Waals surface area contributed by atoms with Crippen LogP contribution in [0.15, 0.2) is 59.5 Å². The molecule has 132 valence electrons. The highest BCUT2D eigenvalue weighted by molar-refractivity contribution is 8.00. The normalized spacial score (nSPS) is 10.8. The highest BCUT2D eigenvalue weighted by Gasteiger charge is 2.07. The lowest BCUT2D eigenvalue weighted by Crippen LogP contribution is -2.13. The van der Waals surface area contributed by atoms with Crippen LogP contribution in [0.25, 0.3) is 12.2 Å². The van der Waals surface area contributed by atoms with Gasteiger partial charge in [0.2, 0.25) is 11.0 Å². The number of benzene rings is 2. The Morgan fingerprint density at radius 2 is 1.88 bits per heavy atom. The fraction of sp³-hybridized carbons (Fsp3) is 0.105. The molecule has 0 bridgehead atoms. The zero-order valence-electron chi connectivity index (χ0n) is 14.1. The number of rotatable bonds is 7. The molecule has 0 spiro atoms. The molecule has 26 heavy (non-hydrogen) atoms. The largest absolute Gasteiger partial charge is 0.497 e. The number of carbonyl (C=O) groups excluding carboxylic acids is 1. The molecular formula is C19H17N3O2S2. The molecule has 1 heterocycles. The first-order valence-corrected chi connectivity index (χ1v) is 9.66. The minimum atomic E-state index is -0.0966. The third-order valence-electron chi connectivity index (χ3n) is 3.33. The average Bonchev–Trinajstić information content (AvgIpc) is 3.13. The van der Waals surface area contributed by atoms with E-state index in [4.69, 9.17) is 4.74 Å². The van der Waals surface area contributed by atoms with Gasteiger partial charge in [-0.25, -0.2) is 0 Å². The van der Waals surface area contributed by atoms with E-state index in [1.807, 2.05) is 66.7 Å². The number of nitrogens with one attached hydrogen (secondary N) is 1. The number of nitrogens with zero attached hydrogens (tertiary/aromatic N) is 2. The lowest BCUT2D eigenvalue weighted by atomic mass is 10.2. The van der Waals surface area contributed by atoms with Crippen molar-refractivity contribution in [1.29, 1.82) is 0 Å². The minimum Gasteiger partial charge on any atom is -0.497 e. The van der Waals surface area contributed by atoms with E-state index >= 15 is 0 Å². The average molecular weight is 383 g/mol. The van der Waals surface area contributed by atoms with Crippen LogP contribution in [0.5, 0.6) is 5.75 Å². The molecule has 3 aromatic rings. The summed E-state index contributed by atoms with van der Waals surface area (Å²) in [7, 11) is 1.64. The lowest BCUT2D eigenvalue weighted by Gasteiger charge is -2.01. The first-order valence-electron chi connectivity index (χ1n) is 7.86. The van der Waals surface area contributed by atoms with Crippen LogP contribution in [0.3, 0.4) is 0 Å². The van der Waals surface area contributed by atoms with Crippen molar-refractivity contribution in [2.24, 2.45) is 0 Å². The van der Waals surface area contributed by atoms with Crippen LogP contribution in [0.1, 0.15) is 10.6 Å². The van der Waals surface area contributed by atoms with Gasteiger partial charge in [-0.15, -0.1) is 22.0 Å². The first kappa shape index (κ1) is 18.2. The van der Waals surface area contributed by atoms with Crippen molar-refractivity contribution in [2.75, 3.05) is 18.2 Å². The van der Waals surface area contributed by atoms with E-state index in [1.54, 1.807) is 7.11 Å². The van der Waals surface area contributed by atoms with E-state index in [0.29, 0.717) is 10.9 Å². The van der Waals surface area contributed by atoms with Gasteiger partial charge < -0.3 is 4.74 Å². The Kier molecular flexibility index (Phi) is 6.40. The maximum Gasteiger partial charge on any atom is 0.236 e. The van der Waals surface area contributed by atoms with Crippen LogP contribution < -0.4 is 10.1 Å². The molecule has 0 aliphatic heterocycles. The van der Waals surface area contributed by atoms with Gasteiger partial charge >= 0.3 is 0 Å². The minimum absolute atomic E-state index is 0.0966. The standard InChI is InChI=1S/C19H17N3O2S2/c1-24-15-10-7-14(8-11-15)9-12-18-21-22-19(26-18)20-17(23)13-25-16-5-3-2-4-6-16/h2-12H,13H2,1H3,(H,20,22,23). The Balaban J connectivity index is 1.52. The van der Waals surface area contributed by atoms with Gasteiger partial charge in [-0.05, 0) is 35.9 Å². The summed E-state index contributed by atoms with van der Waals surface area (Å²) in [4.78, 5) is 13.1. The van der Waals surface area contributed by atoms with E-state index in [9.17, 15) is 4.79 Å². The van der Waals surface area contributed by atoms with Gasteiger partial charge in [-0.2, -0.15) is 0 Å². The maximum atomic E-state index is 12.0. The molecule has 0 saturated heterocycles. The van der Waals surface area contributed by atoms with Crippen molar-refractivity contribution in [3.05, 3.63) is 65.2 Å². The van der Waals surface area contributed by atoms with E-state index in [0.717, 1.165) is 21.2 Å². The SMILES string of the molecule is COc1ccc(C=Cc2nnc(NC(=O)CSc3ccccc3)s2)cc1. The molecule has 0 fully saturated rings. The van der Waals surface area contributed by atoms with Crippen LogP contribution in [0.2, 0.25) is 0 Å². The molecule has 0 radical (unpaired) electrons. The molecule has 0 saturated carbocycles.